The van der Waals surface area contributed by atoms with E-state index in [0.717, 1.165) is 14.6 Å². The molecule has 0 fully saturated rings. The molecule has 2 aromatic rings. The zero-order chi connectivity index (χ0) is 13.3. The van der Waals surface area contributed by atoms with Crippen LogP contribution in [0.15, 0.2) is 18.3 Å². The standard InChI is InChI=1S/C12H14IN3O2/c1-15(2)10(17)7-16-5-4-8-6-9(13)12(18-3)14-11(8)16/h4-6H,7H2,1-3H3. The molecule has 0 spiro atoms. The minimum absolute atomic E-state index is 0.0341. The van der Waals surface area contributed by atoms with E-state index in [2.05, 4.69) is 27.6 Å². The topological polar surface area (TPSA) is 47.4 Å². The van der Waals surface area contributed by atoms with Crippen LogP contribution in [-0.4, -0.2) is 41.6 Å². The van der Waals surface area contributed by atoms with Gasteiger partial charge in [0.05, 0.1) is 10.7 Å². The van der Waals surface area contributed by atoms with Crippen LogP contribution in [0.3, 0.4) is 0 Å². The molecular formula is C12H14IN3O2. The highest BCUT2D eigenvalue weighted by Gasteiger charge is 2.11. The van der Waals surface area contributed by atoms with E-state index >= 15 is 0 Å². The molecule has 0 radical (unpaired) electrons. The quantitative estimate of drug-likeness (QED) is 0.785. The molecule has 96 valence electrons. The van der Waals surface area contributed by atoms with Gasteiger partial charge in [-0.15, -0.1) is 0 Å². The maximum atomic E-state index is 11.7. The fraction of sp³-hybridized carbons (Fsp3) is 0.333. The summed E-state index contributed by atoms with van der Waals surface area (Å²) in [5, 5.41) is 1.01. The second-order valence-electron chi connectivity index (χ2n) is 4.12. The van der Waals surface area contributed by atoms with E-state index in [1.54, 1.807) is 26.1 Å². The van der Waals surface area contributed by atoms with Crippen LogP contribution in [0.5, 0.6) is 5.88 Å². The molecule has 2 rings (SSSR count). The van der Waals surface area contributed by atoms with E-state index in [4.69, 9.17) is 4.74 Å². The number of rotatable bonds is 3. The highest BCUT2D eigenvalue weighted by molar-refractivity contribution is 14.1. The number of amides is 1. The largest absolute Gasteiger partial charge is 0.480 e. The number of pyridine rings is 1. The maximum absolute atomic E-state index is 11.7. The Balaban J connectivity index is 2.43. The first kappa shape index (κ1) is 13.1. The van der Waals surface area contributed by atoms with Crippen molar-refractivity contribution in [1.29, 1.82) is 0 Å². The molecule has 0 aliphatic rings. The Labute approximate surface area is 119 Å². The van der Waals surface area contributed by atoms with E-state index in [0.29, 0.717) is 5.88 Å². The van der Waals surface area contributed by atoms with Crippen molar-refractivity contribution in [2.45, 2.75) is 6.54 Å². The summed E-state index contributed by atoms with van der Waals surface area (Å²) >= 11 is 2.18. The van der Waals surface area contributed by atoms with Crippen LogP contribution in [0.1, 0.15) is 0 Å². The Morgan fingerprint density at radius 3 is 2.89 bits per heavy atom. The van der Waals surface area contributed by atoms with Crippen molar-refractivity contribution in [3.05, 3.63) is 21.9 Å². The highest BCUT2D eigenvalue weighted by Crippen LogP contribution is 2.24. The third kappa shape index (κ3) is 2.43. The first-order valence-electron chi connectivity index (χ1n) is 5.42. The molecule has 6 heteroatoms. The zero-order valence-electron chi connectivity index (χ0n) is 10.5. The molecule has 18 heavy (non-hydrogen) atoms. The SMILES string of the molecule is COc1nc2c(ccn2CC(=O)N(C)C)cc1I. The van der Waals surface area contributed by atoms with E-state index < -0.39 is 0 Å². The van der Waals surface area contributed by atoms with Crippen LogP contribution >= 0.6 is 22.6 Å². The summed E-state index contributed by atoms with van der Waals surface area (Å²) < 4.78 is 7.99. The summed E-state index contributed by atoms with van der Waals surface area (Å²) in [4.78, 5) is 17.7. The van der Waals surface area contributed by atoms with Gasteiger partial charge in [0.1, 0.15) is 12.2 Å². The smallest absolute Gasteiger partial charge is 0.242 e. The van der Waals surface area contributed by atoms with Crippen molar-refractivity contribution in [3.8, 4) is 5.88 Å². The summed E-state index contributed by atoms with van der Waals surface area (Å²) in [5.41, 5.74) is 0.766. The number of carbonyl (C=O) groups excluding carboxylic acids is 1. The van der Waals surface area contributed by atoms with Gasteiger partial charge >= 0.3 is 0 Å². The van der Waals surface area contributed by atoms with E-state index in [1.807, 2.05) is 22.9 Å². The molecule has 0 unspecified atom stereocenters. The number of hydrogen-bond donors (Lipinski definition) is 0. The summed E-state index contributed by atoms with van der Waals surface area (Å²) in [6.07, 6.45) is 1.87. The fourth-order valence-electron chi connectivity index (χ4n) is 1.63. The molecule has 2 heterocycles. The summed E-state index contributed by atoms with van der Waals surface area (Å²) in [7, 11) is 5.07. The van der Waals surface area contributed by atoms with Gasteiger partial charge in [-0.2, -0.15) is 4.98 Å². The first-order chi connectivity index (χ1) is 8.52. The van der Waals surface area contributed by atoms with E-state index in [-0.39, 0.29) is 12.5 Å². The third-order valence-electron chi connectivity index (χ3n) is 2.66. The van der Waals surface area contributed by atoms with Crippen LogP contribution < -0.4 is 4.74 Å². The number of carbonyl (C=O) groups is 1. The van der Waals surface area contributed by atoms with Crippen LogP contribution in [-0.2, 0) is 11.3 Å². The Morgan fingerprint density at radius 1 is 1.56 bits per heavy atom. The monoisotopic (exact) mass is 359 g/mol. The lowest BCUT2D eigenvalue weighted by Gasteiger charge is -2.11. The van der Waals surface area contributed by atoms with Crippen molar-refractivity contribution < 1.29 is 9.53 Å². The predicted molar refractivity (Wildman–Crippen MR) is 77.7 cm³/mol. The van der Waals surface area contributed by atoms with Gasteiger partial charge in [0.2, 0.25) is 11.8 Å². The van der Waals surface area contributed by atoms with Gasteiger partial charge in [-0.3, -0.25) is 4.79 Å². The zero-order valence-corrected chi connectivity index (χ0v) is 12.6. The van der Waals surface area contributed by atoms with Crippen LogP contribution in [0.2, 0.25) is 0 Å². The second-order valence-corrected chi connectivity index (χ2v) is 5.29. The molecular weight excluding hydrogens is 345 g/mol. The predicted octanol–water partition coefficient (Wildman–Crippen LogP) is 1.74. The lowest BCUT2D eigenvalue weighted by Crippen LogP contribution is -2.26. The molecule has 0 N–H and O–H groups in total. The van der Waals surface area contributed by atoms with Gasteiger partial charge in [0, 0.05) is 25.7 Å². The fourth-order valence-corrected chi connectivity index (χ4v) is 2.30. The van der Waals surface area contributed by atoms with Crippen molar-refractivity contribution in [2.75, 3.05) is 21.2 Å². The van der Waals surface area contributed by atoms with Gasteiger partial charge in [-0.25, -0.2) is 0 Å². The molecule has 0 saturated carbocycles. The number of methoxy groups -OCH3 is 1. The number of likely N-dealkylation sites (N-methyl/N-ethyl adjacent to an activating group) is 1. The summed E-state index contributed by atoms with van der Waals surface area (Å²) in [6, 6.07) is 3.95. The van der Waals surface area contributed by atoms with E-state index in [1.165, 1.54) is 0 Å². The molecule has 5 nitrogen and oxygen atoms in total. The number of ether oxygens (including phenoxy) is 1. The number of nitrogens with zero attached hydrogens (tertiary/aromatic N) is 3. The van der Waals surface area contributed by atoms with Crippen LogP contribution in [0.4, 0.5) is 0 Å². The van der Waals surface area contributed by atoms with Gasteiger partial charge in [-0.05, 0) is 34.7 Å². The Bertz CT molecular complexity index is 592. The average Bonchev–Trinajstić information content (AvgIpc) is 2.70. The molecule has 0 bridgehead atoms. The highest BCUT2D eigenvalue weighted by atomic mass is 127. The van der Waals surface area contributed by atoms with Crippen molar-refractivity contribution >= 4 is 39.5 Å². The van der Waals surface area contributed by atoms with E-state index in [9.17, 15) is 4.79 Å². The number of halogens is 1. The normalized spacial score (nSPS) is 10.7. The molecule has 0 saturated heterocycles. The molecule has 2 aromatic heterocycles. The van der Waals surface area contributed by atoms with Crippen LogP contribution in [0.25, 0.3) is 11.0 Å². The number of aromatic nitrogens is 2. The first-order valence-corrected chi connectivity index (χ1v) is 6.50. The maximum Gasteiger partial charge on any atom is 0.242 e. The lowest BCUT2D eigenvalue weighted by atomic mass is 10.3. The molecule has 0 atom stereocenters. The number of hydrogen-bond acceptors (Lipinski definition) is 3. The second kappa shape index (κ2) is 5.13. The summed E-state index contributed by atoms with van der Waals surface area (Å²) in [5.74, 6) is 0.618. The van der Waals surface area contributed by atoms with Crippen molar-refractivity contribution in [2.24, 2.45) is 0 Å². The minimum atomic E-state index is 0.0341. The Hall–Kier alpha value is -1.31. The molecule has 1 amide bonds. The molecule has 0 aliphatic carbocycles. The van der Waals surface area contributed by atoms with Crippen molar-refractivity contribution in [1.82, 2.24) is 14.5 Å². The molecule has 0 aliphatic heterocycles. The third-order valence-corrected chi connectivity index (χ3v) is 3.43. The minimum Gasteiger partial charge on any atom is -0.480 e. The van der Waals surface area contributed by atoms with Gasteiger partial charge < -0.3 is 14.2 Å². The lowest BCUT2D eigenvalue weighted by molar-refractivity contribution is -0.129. The van der Waals surface area contributed by atoms with Crippen LogP contribution in [0, 0.1) is 3.57 Å². The van der Waals surface area contributed by atoms with Crippen molar-refractivity contribution in [3.63, 3.8) is 0 Å². The molecule has 0 aromatic carbocycles. The Kier molecular flexibility index (Phi) is 3.74. The summed E-state index contributed by atoms with van der Waals surface area (Å²) in [6.45, 7) is 0.285. The average molecular weight is 359 g/mol. The van der Waals surface area contributed by atoms with Gasteiger partial charge in [-0.1, -0.05) is 0 Å². The Morgan fingerprint density at radius 2 is 2.28 bits per heavy atom. The van der Waals surface area contributed by atoms with Gasteiger partial charge in [0.15, 0.2) is 0 Å². The number of fused-ring (bicyclic) bond motifs is 1. The van der Waals surface area contributed by atoms with Gasteiger partial charge in [0.25, 0.3) is 0 Å².